The quantitative estimate of drug-likeness (QED) is 0.684. The number of carbonyl (C=O) groups is 3. The molecule has 150 valence electrons. The molecule has 0 radical (unpaired) electrons. The summed E-state index contributed by atoms with van der Waals surface area (Å²) in [6.45, 7) is 5.45. The van der Waals surface area contributed by atoms with E-state index in [1.54, 1.807) is 13.8 Å². The van der Waals surface area contributed by atoms with E-state index in [4.69, 9.17) is 4.74 Å². The first-order valence-electron chi connectivity index (χ1n) is 8.54. The molecule has 2 rings (SSSR count). The Kier molecular flexibility index (Phi) is 7.22. The lowest BCUT2D eigenvalue weighted by molar-refractivity contribution is -0.116. The van der Waals surface area contributed by atoms with Crippen molar-refractivity contribution in [1.82, 2.24) is 5.32 Å². The summed E-state index contributed by atoms with van der Waals surface area (Å²) in [5, 5.41) is 5.43. The van der Waals surface area contributed by atoms with Gasteiger partial charge in [0.1, 0.15) is 16.6 Å². The highest BCUT2D eigenvalue weighted by Gasteiger charge is 2.22. The standard InChI is InChI=1S/C19H20F2N2O4S/c1-4-27-19(26)16-10(2)11(3)28-18(16)23-15(24)7-8-22-17(25)13-6-5-12(20)9-14(13)21/h5-6,9H,4,7-8H2,1-3H3,(H,22,25)(H,23,24). The van der Waals surface area contributed by atoms with Crippen molar-refractivity contribution in [2.45, 2.75) is 27.2 Å². The van der Waals surface area contributed by atoms with Gasteiger partial charge in [-0.2, -0.15) is 0 Å². The number of ether oxygens (including phenoxy) is 1. The molecule has 1 aromatic carbocycles. The number of anilines is 1. The predicted octanol–water partition coefficient (Wildman–Crippen LogP) is 3.58. The van der Waals surface area contributed by atoms with Crippen LogP contribution >= 0.6 is 11.3 Å². The number of hydrogen-bond acceptors (Lipinski definition) is 5. The molecule has 0 fully saturated rings. The number of rotatable bonds is 7. The highest BCUT2D eigenvalue weighted by Crippen LogP contribution is 2.33. The second kappa shape index (κ2) is 9.41. The molecule has 28 heavy (non-hydrogen) atoms. The molecular formula is C19H20F2N2O4S. The Morgan fingerprint density at radius 1 is 1.18 bits per heavy atom. The summed E-state index contributed by atoms with van der Waals surface area (Å²) >= 11 is 1.26. The molecule has 0 bridgehead atoms. The van der Waals surface area contributed by atoms with Crippen molar-refractivity contribution in [2.75, 3.05) is 18.5 Å². The van der Waals surface area contributed by atoms with Gasteiger partial charge in [-0.25, -0.2) is 13.6 Å². The fourth-order valence-corrected chi connectivity index (χ4v) is 3.48. The van der Waals surface area contributed by atoms with Crippen LogP contribution in [0.4, 0.5) is 13.8 Å². The normalized spacial score (nSPS) is 10.5. The molecule has 2 amide bonds. The summed E-state index contributed by atoms with van der Waals surface area (Å²) in [6, 6.07) is 2.62. The van der Waals surface area contributed by atoms with Crippen LogP contribution in [0.2, 0.25) is 0 Å². The molecular weight excluding hydrogens is 390 g/mol. The van der Waals surface area contributed by atoms with Gasteiger partial charge in [0.15, 0.2) is 0 Å². The van der Waals surface area contributed by atoms with E-state index in [1.807, 2.05) is 6.92 Å². The topological polar surface area (TPSA) is 84.5 Å². The van der Waals surface area contributed by atoms with Crippen LogP contribution < -0.4 is 10.6 Å². The van der Waals surface area contributed by atoms with Gasteiger partial charge in [0.2, 0.25) is 5.91 Å². The number of carbonyl (C=O) groups excluding carboxylic acids is 3. The maximum absolute atomic E-state index is 13.6. The fourth-order valence-electron chi connectivity index (χ4n) is 2.41. The van der Waals surface area contributed by atoms with Gasteiger partial charge >= 0.3 is 5.97 Å². The fraction of sp³-hybridized carbons (Fsp3) is 0.316. The van der Waals surface area contributed by atoms with E-state index >= 15 is 0 Å². The van der Waals surface area contributed by atoms with Crippen molar-refractivity contribution < 1.29 is 27.9 Å². The Hall–Kier alpha value is -2.81. The third-order valence-corrected chi connectivity index (χ3v) is 5.05. The number of aryl methyl sites for hydroxylation is 1. The van der Waals surface area contributed by atoms with Crippen LogP contribution in [0.3, 0.4) is 0 Å². The number of halogens is 2. The van der Waals surface area contributed by atoms with E-state index in [2.05, 4.69) is 10.6 Å². The van der Waals surface area contributed by atoms with Crippen molar-refractivity contribution in [3.63, 3.8) is 0 Å². The maximum Gasteiger partial charge on any atom is 0.341 e. The molecule has 0 aliphatic carbocycles. The van der Waals surface area contributed by atoms with Gasteiger partial charge in [-0.05, 0) is 38.5 Å². The Bertz CT molecular complexity index is 912. The molecule has 6 nitrogen and oxygen atoms in total. The lowest BCUT2D eigenvalue weighted by atomic mass is 10.1. The van der Waals surface area contributed by atoms with Gasteiger partial charge in [-0.15, -0.1) is 11.3 Å². The van der Waals surface area contributed by atoms with Gasteiger partial charge in [0.25, 0.3) is 5.91 Å². The lowest BCUT2D eigenvalue weighted by Crippen LogP contribution is -2.28. The maximum atomic E-state index is 13.6. The van der Waals surface area contributed by atoms with Crippen molar-refractivity contribution in [3.8, 4) is 0 Å². The average Bonchev–Trinajstić information content (AvgIpc) is 2.88. The highest BCUT2D eigenvalue weighted by atomic mass is 32.1. The Morgan fingerprint density at radius 2 is 1.89 bits per heavy atom. The molecule has 0 unspecified atom stereocenters. The lowest BCUT2D eigenvalue weighted by Gasteiger charge is -2.08. The van der Waals surface area contributed by atoms with Gasteiger partial charge in [-0.3, -0.25) is 9.59 Å². The molecule has 2 aromatic rings. The van der Waals surface area contributed by atoms with E-state index in [9.17, 15) is 23.2 Å². The highest BCUT2D eigenvalue weighted by molar-refractivity contribution is 7.16. The summed E-state index contributed by atoms with van der Waals surface area (Å²) < 4.78 is 31.5. The van der Waals surface area contributed by atoms with Crippen molar-refractivity contribution in [1.29, 1.82) is 0 Å². The second-order valence-electron chi connectivity index (χ2n) is 5.89. The number of hydrogen-bond donors (Lipinski definition) is 2. The van der Waals surface area contributed by atoms with E-state index in [1.165, 1.54) is 11.3 Å². The number of amides is 2. The van der Waals surface area contributed by atoms with Crippen LogP contribution in [0.15, 0.2) is 18.2 Å². The zero-order valence-electron chi connectivity index (χ0n) is 15.7. The molecule has 1 aromatic heterocycles. The van der Waals surface area contributed by atoms with Crippen LogP contribution in [0, 0.1) is 25.5 Å². The van der Waals surface area contributed by atoms with Gasteiger partial charge in [0, 0.05) is 23.9 Å². The van der Waals surface area contributed by atoms with Crippen LogP contribution in [0.5, 0.6) is 0 Å². The summed E-state index contributed by atoms with van der Waals surface area (Å²) in [5.74, 6) is -3.45. The first-order valence-corrected chi connectivity index (χ1v) is 9.36. The van der Waals surface area contributed by atoms with Crippen LogP contribution in [0.25, 0.3) is 0 Å². The molecule has 0 aliphatic rings. The van der Waals surface area contributed by atoms with E-state index in [0.717, 1.165) is 22.6 Å². The average molecular weight is 410 g/mol. The van der Waals surface area contributed by atoms with Gasteiger partial charge in [0.05, 0.1) is 17.7 Å². The minimum Gasteiger partial charge on any atom is -0.462 e. The number of esters is 1. The predicted molar refractivity (Wildman–Crippen MR) is 102 cm³/mol. The number of nitrogens with one attached hydrogen (secondary N) is 2. The number of thiophene rings is 1. The third kappa shape index (κ3) is 5.13. The Labute approximate surface area is 164 Å². The minimum absolute atomic E-state index is 0.0560. The molecule has 0 saturated heterocycles. The first-order chi connectivity index (χ1) is 13.2. The minimum atomic E-state index is -0.981. The summed E-state index contributed by atoms with van der Waals surface area (Å²) in [7, 11) is 0. The monoisotopic (exact) mass is 410 g/mol. The van der Waals surface area contributed by atoms with Gasteiger partial charge < -0.3 is 15.4 Å². The summed E-state index contributed by atoms with van der Waals surface area (Å²) in [4.78, 5) is 37.1. The largest absolute Gasteiger partial charge is 0.462 e. The van der Waals surface area contributed by atoms with Gasteiger partial charge in [-0.1, -0.05) is 0 Å². The molecule has 0 saturated carbocycles. The Morgan fingerprint density at radius 3 is 2.54 bits per heavy atom. The van der Waals surface area contributed by atoms with Crippen molar-refractivity contribution >= 4 is 34.1 Å². The molecule has 9 heteroatoms. The zero-order valence-corrected chi connectivity index (χ0v) is 16.5. The van der Waals surface area contributed by atoms with E-state index in [0.29, 0.717) is 16.6 Å². The van der Waals surface area contributed by atoms with E-state index < -0.39 is 29.4 Å². The van der Waals surface area contributed by atoms with Crippen LogP contribution in [-0.2, 0) is 9.53 Å². The summed E-state index contributed by atoms with van der Waals surface area (Å²) in [5.41, 5.74) is 0.741. The molecule has 0 spiro atoms. The molecule has 0 aliphatic heterocycles. The summed E-state index contributed by atoms with van der Waals surface area (Å²) in [6.07, 6.45) is -0.0905. The van der Waals surface area contributed by atoms with Crippen LogP contribution in [-0.4, -0.2) is 30.9 Å². The molecule has 0 atom stereocenters. The SMILES string of the molecule is CCOC(=O)c1c(NC(=O)CCNC(=O)c2ccc(F)cc2F)sc(C)c1C. The first kappa shape index (κ1) is 21.5. The smallest absolute Gasteiger partial charge is 0.341 e. The van der Waals surface area contributed by atoms with Crippen LogP contribution in [0.1, 0.15) is 44.5 Å². The molecule has 2 N–H and O–H groups in total. The second-order valence-corrected chi connectivity index (χ2v) is 7.11. The zero-order chi connectivity index (χ0) is 20.8. The molecule has 1 heterocycles. The van der Waals surface area contributed by atoms with Crippen molar-refractivity contribution in [2.24, 2.45) is 0 Å². The Balaban J connectivity index is 1.95. The number of benzene rings is 1. The third-order valence-electron chi connectivity index (χ3n) is 3.93. The van der Waals surface area contributed by atoms with Crippen molar-refractivity contribution in [3.05, 3.63) is 51.4 Å². The van der Waals surface area contributed by atoms with E-state index in [-0.39, 0.29) is 25.1 Å².